The maximum atomic E-state index is 14.5. The molecule has 2 aliphatic heterocycles. The first-order valence-electron chi connectivity index (χ1n) is 9.06. The highest BCUT2D eigenvalue weighted by atomic mass is 32.2. The molecule has 1 saturated heterocycles. The molecule has 0 radical (unpaired) electrons. The summed E-state index contributed by atoms with van der Waals surface area (Å²) in [6.45, 7) is 3.15. The third-order valence-electron chi connectivity index (χ3n) is 5.08. The quantitative estimate of drug-likeness (QED) is 0.668. The highest BCUT2D eigenvalue weighted by molar-refractivity contribution is 8.14. The summed E-state index contributed by atoms with van der Waals surface area (Å²) in [5.41, 5.74) is 2.54. The minimum absolute atomic E-state index is 0.00181. The van der Waals surface area contributed by atoms with Crippen LogP contribution >= 0.6 is 11.8 Å². The molecule has 6 heteroatoms. The van der Waals surface area contributed by atoms with Crippen molar-refractivity contribution in [3.05, 3.63) is 84.2 Å². The summed E-state index contributed by atoms with van der Waals surface area (Å²) in [7, 11) is 0. The zero-order chi connectivity index (χ0) is 18.4. The van der Waals surface area contributed by atoms with Crippen LogP contribution < -0.4 is 0 Å². The van der Waals surface area contributed by atoms with Gasteiger partial charge in [0, 0.05) is 29.9 Å². The summed E-state index contributed by atoms with van der Waals surface area (Å²) in [6.07, 6.45) is 3.73. The van der Waals surface area contributed by atoms with E-state index in [9.17, 15) is 4.39 Å². The number of para-hydroxylation sites is 1. The van der Waals surface area contributed by atoms with Crippen LogP contribution in [-0.2, 0) is 0 Å². The number of halogens is 1. The van der Waals surface area contributed by atoms with Crippen LogP contribution in [0.5, 0.6) is 0 Å². The maximum absolute atomic E-state index is 14.5. The highest BCUT2D eigenvalue weighted by Gasteiger charge is 2.44. The lowest BCUT2D eigenvalue weighted by Crippen LogP contribution is -2.30. The van der Waals surface area contributed by atoms with Crippen molar-refractivity contribution in [2.45, 2.75) is 24.3 Å². The Morgan fingerprint density at radius 2 is 1.93 bits per heavy atom. The zero-order valence-corrected chi connectivity index (χ0v) is 15.7. The number of hydrogen-bond donors (Lipinski definition) is 0. The number of rotatable bonds is 3. The van der Waals surface area contributed by atoms with Crippen LogP contribution in [-0.4, -0.2) is 31.4 Å². The van der Waals surface area contributed by atoms with E-state index in [1.807, 2.05) is 53.4 Å². The first-order chi connectivity index (χ1) is 13.2. The van der Waals surface area contributed by atoms with Crippen molar-refractivity contribution in [2.24, 2.45) is 4.99 Å². The second-order valence-electron chi connectivity index (χ2n) is 6.89. The van der Waals surface area contributed by atoms with Crippen molar-refractivity contribution in [3.8, 4) is 5.69 Å². The van der Waals surface area contributed by atoms with Crippen LogP contribution in [0, 0.1) is 5.82 Å². The second kappa shape index (κ2) is 6.53. The summed E-state index contributed by atoms with van der Waals surface area (Å²) in [5.74, 6) is -0.229. The lowest BCUT2D eigenvalue weighted by atomic mass is 10.0. The van der Waals surface area contributed by atoms with E-state index in [0.29, 0.717) is 10.9 Å². The van der Waals surface area contributed by atoms with Gasteiger partial charge in [-0.15, -0.1) is 0 Å². The summed E-state index contributed by atoms with van der Waals surface area (Å²) < 4.78 is 16.4. The number of benzene rings is 1. The Labute approximate surface area is 161 Å². The number of fused-ring (bicyclic) bond motifs is 1. The number of nitrogens with zero attached hydrogens (tertiary/aromatic N) is 4. The molecule has 0 aliphatic carbocycles. The van der Waals surface area contributed by atoms with E-state index < -0.39 is 0 Å². The summed E-state index contributed by atoms with van der Waals surface area (Å²) in [5, 5.41) is 1.55. The third-order valence-corrected chi connectivity index (χ3v) is 6.18. The Hall–Kier alpha value is -2.60. The fraction of sp³-hybridized carbons (Fsp3) is 0.238. The van der Waals surface area contributed by atoms with E-state index in [4.69, 9.17) is 4.99 Å². The Balaban J connectivity index is 1.63. The van der Waals surface area contributed by atoms with Gasteiger partial charge in [-0.2, -0.15) is 0 Å². The van der Waals surface area contributed by atoms with Gasteiger partial charge < -0.3 is 9.47 Å². The molecule has 0 bridgehead atoms. The van der Waals surface area contributed by atoms with Crippen LogP contribution in [0.3, 0.4) is 0 Å². The Morgan fingerprint density at radius 3 is 2.74 bits per heavy atom. The summed E-state index contributed by atoms with van der Waals surface area (Å²) in [6, 6.07) is 16.8. The summed E-state index contributed by atoms with van der Waals surface area (Å²) >= 11 is 1.81. The predicted molar refractivity (Wildman–Crippen MR) is 107 cm³/mol. The molecular weight excluding hydrogens is 359 g/mol. The highest BCUT2D eigenvalue weighted by Crippen LogP contribution is 2.47. The number of aliphatic imine (C=N–C) groups is 1. The van der Waals surface area contributed by atoms with E-state index in [1.165, 1.54) is 6.07 Å². The van der Waals surface area contributed by atoms with Gasteiger partial charge in [0.2, 0.25) is 0 Å². The molecule has 3 atom stereocenters. The molecule has 136 valence electrons. The number of amidine groups is 1. The van der Waals surface area contributed by atoms with Gasteiger partial charge in [0.25, 0.3) is 0 Å². The monoisotopic (exact) mass is 378 g/mol. The van der Waals surface area contributed by atoms with E-state index in [-0.39, 0.29) is 17.9 Å². The molecular formula is C21H19FN4S. The average molecular weight is 378 g/mol. The van der Waals surface area contributed by atoms with Crippen LogP contribution in [0.25, 0.3) is 5.69 Å². The smallest absolute Gasteiger partial charge is 0.160 e. The van der Waals surface area contributed by atoms with Gasteiger partial charge in [0.15, 0.2) is 5.17 Å². The van der Waals surface area contributed by atoms with Gasteiger partial charge in [0.1, 0.15) is 11.9 Å². The third kappa shape index (κ3) is 2.75. The van der Waals surface area contributed by atoms with Crippen molar-refractivity contribution in [2.75, 3.05) is 6.54 Å². The minimum Gasteiger partial charge on any atom is -0.339 e. The van der Waals surface area contributed by atoms with Gasteiger partial charge in [-0.3, -0.25) is 9.98 Å². The van der Waals surface area contributed by atoms with E-state index in [2.05, 4.69) is 22.9 Å². The minimum atomic E-state index is -0.229. The zero-order valence-electron chi connectivity index (χ0n) is 14.9. The van der Waals surface area contributed by atoms with Crippen LogP contribution in [0.4, 0.5) is 4.39 Å². The van der Waals surface area contributed by atoms with Gasteiger partial charge in [-0.1, -0.05) is 36.9 Å². The standard InChI is InChI=1S/C21H19FN4S/c1-14-13-26-20(19(24-21(26)27-14)16-8-4-5-11-23-16)18-10-6-12-25(18)17-9-3-2-7-15(17)22/h2-12,14,19-20H,13H2,1H3/t14-,19-,20-/m1/s1. The molecule has 5 rings (SSSR count). The number of aromatic nitrogens is 2. The lowest BCUT2D eigenvalue weighted by Gasteiger charge is -2.28. The van der Waals surface area contributed by atoms with Crippen molar-refractivity contribution in [1.29, 1.82) is 0 Å². The Bertz CT molecular complexity index is 1000. The maximum Gasteiger partial charge on any atom is 0.160 e. The van der Waals surface area contributed by atoms with E-state index in [0.717, 1.165) is 23.1 Å². The molecule has 0 spiro atoms. The molecule has 0 unspecified atom stereocenters. The van der Waals surface area contributed by atoms with E-state index >= 15 is 0 Å². The van der Waals surface area contributed by atoms with Crippen molar-refractivity contribution in [1.82, 2.24) is 14.5 Å². The fourth-order valence-electron chi connectivity index (χ4n) is 3.94. The van der Waals surface area contributed by atoms with Gasteiger partial charge >= 0.3 is 0 Å². The fourth-order valence-corrected chi connectivity index (χ4v) is 5.03. The van der Waals surface area contributed by atoms with Crippen molar-refractivity contribution in [3.63, 3.8) is 0 Å². The summed E-state index contributed by atoms with van der Waals surface area (Å²) in [4.78, 5) is 11.9. The lowest BCUT2D eigenvalue weighted by molar-refractivity contribution is 0.312. The molecule has 2 aliphatic rings. The Kier molecular flexibility index (Phi) is 4.01. The van der Waals surface area contributed by atoms with Crippen LogP contribution in [0.2, 0.25) is 0 Å². The molecule has 4 heterocycles. The first-order valence-corrected chi connectivity index (χ1v) is 9.94. The van der Waals surface area contributed by atoms with E-state index in [1.54, 1.807) is 17.8 Å². The van der Waals surface area contributed by atoms with Gasteiger partial charge in [0.05, 0.1) is 17.4 Å². The number of pyridine rings is 1. The van der Waals surface area contributed by atoms with Gasteiger partial charge in [-0.25, -0.2) is 4.39 Å². The molecule has 2 aromatic heterocycles. The largest absolute Gasteiger partial charge is 0.339 e. The predicted octanol–water partition coefficient (Wildman–Crippen LogP) is 4.60. The average Bonchev–Trinajstić information content (AvgIpc) is 3.36. The SMILES string of the molecule is C[C@@H]1CN2C(=N[C@H](c3ccccn3)[C@H]2c2cccn2-c2ccccc2F)S1. The van der Waals surface area contributed by atoms with Crippen molar-refractivity contribution < 1.29 is 4.39 Å². The number of thioether (sulfide) groups is 1. The molecule has 1 aromatic carbocycles. The first kappa shape index (κ1) is 16.6. The topological polar surface area (TPSA) is 33.4 Å². The van der Waals surface area contributed by atoms with Gasteiger partial charge in [-0.05, 0) is 36.4 Å². The van der Waals surface area contributed by atoms with Crippen molar-refractivity contribution >= 4 is 16.9 Å². The molecule has 0 saturated carbocycles. The molecule has 0 amide bonds. The second-order valence-corrected chi connectivity index (χ2v) is 8.30. The molecule has 3 aromatic rings. The molecule has 1 fully saturated rings. The molecule has 0 N–H and O–H groups in total. The molecule has 4 nitrogen and oxygen atoms in total. The Morgan fingerprint density at radius 1 is 1.07 bits per heavy atom. The van der Waals surface area contributed by atoms with Crippen LogP contribution in [0.15, 0.2) is 72.0 Å². The molecule has 27 heavy (non-hydrogen) atoms. The van der Waals surface area contributed by atoms with Crippen LogP contribution in [0.1, 0.15) is 30.4 Å². The number of hydrogen-bond acceptors (Lipinski definition) is 4. The normalized spacial score (nSPS) is 24.1.